The van der Waals surface area contributed by atoms with Crippen molar-refractivity contribution >= 4 is 17.3 Å². The molecule has 2 aromatic carbocycles. The van der Waals surface area contributed by atoms with Crippen LogP contribution in [-0.4, -0.2) is 5.91 Å². The molecule has 0 spiro atoms. The number of amides is 1. The van der Waals surface area contributed by atoms with E-state index < -0.39 is 0 Å². The largest absolute Gasteiger partial charge is 0.360 e. The van der Waals surface area contributed by atoms with Crippen LogP contribution in [0.2, 0.25) is 0 Å². The second-order valence-electron chi connectivity index (χ2n) is 5.86. The van der Waals surface area contributed by atoms with Crippen LogP contribution in [0.1, 0.15) is 24.4 Å². The summed E-state index contributed by atoms with van der Waals surface area (Å²) < 4.78 is 0. The summed E-state index contributed by atoms with van der Waals surface area (Å²) in [4.78, 5) is 14.9. The highest BCUT2D eigenvalue weighted by atomic mass is 16.2. The van der Waals surface area contributed by atoms with E-state index in [-0.39, 0.29) is 17.9 Å². The quantitative estimate of drug-likeness (QED) is 0.902. The first-order chi connectivity index (χ1) is 10.8. The van der Waals surface area contributed by atoms with Gasteiger partial charge in [0.25, 0.3) is 0 Å². The van der Waals surface area contributed by atoms with Crippen molar-refractivity contribution in [3.8, 4) is 0 Å². The molecule has 2 aliphatic rings. The molecule has 3 heteroatoms. The first-order valence-electron chi connectivity index (χ1n) is 7.75. The van der Waals surface area contributed by atoms with E-state index in [1.54, 1.807) is 0 Å². The Morgan fingerprint density at radius 1 is 1.00 bits per heavy atom. The van der Waals surface area contributed by atoms with Crippen LogP contribution in [0.25, 0.3) is 0 Å². The predicted molar refractivity (Wildman–Crippen MR) is 88.6 cm³/mol. The van der Waals surface area contributed by atoms with Gasteiger partial charge in [-0.05, 0) is 42.8 Å². The fourth-order valence-corrected chi connectivity index (χ4v) is 2.96. The summed E-state index contributed by atoms with van der Waals surface area (Å²) in [5.41, 5.74) is 3.07. The Bertz CT molecular complexity index is 719. The minimum Gasteiger partial charge on any atom is -0.360 e. The summed E-state index contributed by atoms with van der Waals surface area (Å²) in [5, 5.41) is 3.29. The fourth-order valence-electron chi connectivity index (χ4n) is 2.96. The number of benzene rings is 2. The van der Waals surface area contributed by atoms with Crippen LogP contribution >= 0.6 is 0 Å². The van der Waals surface area contributed by atoms with Gasteiger partial charge in [0, 0.05) is 5.92 Å². The molecule has 1 N–H and O–H groups in total. The van der Waals surface area contributed by atoms with Gasteiger partial charge in [0.1, 0.15) is 0 Å². The fraction of sp³-hybridized carbons (Fsp3) is 0.211. The first kappa shape index (κ1) is 13.1. The Balaban J connectivity index is 1.84. The molecule has 0 saturated heterocycles. The van der Waals surface area contributed by atoms with Crippen LogP contribution in [0.3, 0.4) is 0 Å². The van der Waals surface area contributed by atoms with Crippen LogP contribution < -0.4 is 10.2 Å². The molecule has 110 valence electrons. The third-order valence-corrected chi connectivity index (χ3v) is 4.26. The summed E-state index contributed by atoms with van der Waals surface area (Å²) in [6.45, 7) is 0. The number of nitrogens with one attached hydrogen (secondary N) is 1. The van der Waals surface area contributed by atoms with Gasteiger partial charge in [-0.3, -0.25) is 9.69 Å². The SMILES string of the molecule is O=C(C1CC1)N1c2ccccc2NC=CC1c1ccccc1. The van der Waals surface area contributed by atoms with Crippen LogP contribution in [0.4, 0.5) is 11.4 Å². The molecule has 1 saturated carbocycles. The summed E-state index contributed by atoms with van der Waals surface area (Å²) in [6, 6.07) is 18.1. The summed E-state index contributed by atoms with van der Waals surface area (Å²) >= 11 is 0. The average molecular weight is 290 g/mol. The van der Waals surface area contributed by atoms with E-state index in [9.17, 15) is 4.79 Å². The highest BCUT2D eigenvalue weighted by molar-refractivity contribution is 6.00. The summed E-state index contributed by atoms with van der Waals surface area (Å²) in [6.07, 6.45) is 6.03. The number of hydrogen-bond acceptors (Lipinski definition) is 2. The summed E-state index contributed by atoms with van der Waals surface area (Å²) in [5.74, 6) is 0.417. The van der Waals surface area contributed by atoms with Crippen molar-refractivity contribution in [1.29, 1.82) is 0 Å². The Morgan fingerprint density at radius 2 is 1.73 bits per heavy atom. The van der Waals surface area contributed by atoms with Gasteiger partial charge in [-0.15, -0.1) is 0 Å². The highest BCUT2D eigenvalue weighted by Crippen LogP contribution is 2.41. The van der Waals surface area contributed by atoms with E-state index in [1.807, 2.05) is 53.6 Å². The van der Waals surface area contributed by atoms with E-state index in [4.69, 9.17) is 0 Å². The van der Waals surface area contributed by atoms with E-state index in [2.05, 4.69) is 23.5 Å². The number of rotatable bonds is 2. The van der Waals surface area contributed by atoms with Crippen LogP contribution in [0, 0.1) is 5.92 Å². The number of hydrogen-bond donors (Lipinski definition) is 1. The van der Waals surface area contributed by atoms with E-state index >= 15 is 0 Å². The number of para-hydroxylation sites is 2. The smallest absolute Gasteiger partial charge is 0.230 e. The summed E-state index contributed by atoms with van der Waals surface area (Å²) in [7, 11) is 0. The van der Waals surface area contributed by atoms with Crippen molar-refractivity contribution in [1.82, 2.24) is 0 Å². The average Bonchev–Trinajstić information content (AvgIpc) is 3.41. The van der Waals surface area contributed by atoms with Gasteiger partial charge in [0.05, 0.1) is 17.4 Å². The molecule has 0 radical (unpaired) electrons. The van der Waals surface area contributed by atoms with E-state index in [1.165, 1.54) is 0 Å². The van der Waals surface area contributed by atoms with Crippen molar-refractivity contribution < 1.29 is 4.79 Å². The lowest BCUT2D eigenvalue weighted by atomic mass is 10.0. The molecule has 0 aromatic heterocycles. The third-order valence-electron chi connectivity index (χ3n) is 4.26. The molecular formula is C19H18N2O. The second kappa shape index (κ2) is 5.34. The maximum absolute atomic E-state index is 12.9. The maximum atomic E-state index is 12.9. The number of fused-ring (bicyclic) bond motifs is 1. The lowest BCUT2D eigenvalue weighted by Gasteiger charge is -2.30. The van der Waals surface area contributed by atoms with Crippen LogP contribution in [0.15, 0.2) is 66.9 Å². The molecule has 22 heavy (non-hydrogen) atoms. The molecule has 1 amide bonds. The van der Waals surface area contributed by atoms with E-state index in [0.717, 1.165) is 29.8 Å². The molecule has 1 unspecified atom stereocenters. The van der Waals surface area contributed by atoms with Gasteiger partial charge < -0.3 is 5.32 Å². The number of carbonyl (C=O) groups is 1. The van der Waals surface area contributed by atoms with Gasteiger partial charge >= 0.3 is 0 Å². The lowest BCUT2D eigenvalue weighted by molar-refractivity contribution is -0.120. The van der Waals surface area contributed by atoms with Crippen molar-refractivity contribution in [3.63, 3.8) is 0 Å². The monoisotopic (exact) mass is 290 g/mol. The number of nitrogens with zero attached hydrogens (tertiary/aromatic N) is 1. The Morgan fingerprint density at radius 3 is 2.50 bits per heavy atom. The topological polar surface area (TPSA) is 32.3 Å². The molecule has 0 bridgehead atoms. The maximum Gasteiger partial charge on any atom is 0.230 e. The molecule has 2 aromatic rings. The molecule has 1 aliphatic carbocycles. The molecule has 1 fully saturated rings. The van der Waals surface area contributed by atoms with Crippen molar-refractivity contribution in [2.75, 3.05) is 10.2 Å². The molecule has 4 rings (SSSR count). The zero-order chi connectivity index (χ0) is 14.9. The third kappa shape index (κ3) is 2.29. The van der Waals surface area contributed by atoms with E-state index in [0.29, 0.717) is 0 Å². The van der Waals surface area contributed by atoms with Gasteiger partial charge in [0.2, 0.25) is 5.91 Å². The van der Waals surface area contributed by atoms with Crippen molar-refractivity contribution in [3.05, 3.63) is 72.4 Å². The van der Waals surface area contributed by atoms with Crippen molar-refractivity contribution in [2.45, 2.75) is 18.9 Å². The van der Waals surface area contributed by atoms with Crippen molar-refractivity contribution in [2.24, 2.45) is 5.92 Å². The molecule has 1 aliphatic heterocycles. The standard InChI is InChI=1S/C19H18N2O/c22-19(15-10-11-15)21-17(14-6-2-1-3-7-14)12-13-20-16-8-4-5-9-18(16)21/h1-9,12-13,15,17,20H,10-11H2. The first-order valence-corrected chi connectivity index (χ1v) is 7.75. The normalized spacial score (nSPS) is 20.0. The van der Waals surface area contributed by atoms with Crippen LogP contribution in [-0.2, 0) is 4.79 Å². The second-order valence-corrected chi connectivity index (χ2v) is 5.86. The zero-order valence-electron chi connectivity index (χ0n) is 12.3. The number of anilines is 2. The molecular weight excluding hydrogens is 272 g/mol. The molecule has 1 atom stereocenters. The Hall–Kier alpha value is -2.55. The predicted octanol–water partition coefficient (Wildman–Crippen LogP) is 4.11. The van der Waals surface area contributed by atoms with Gasteiger partial charge in [-0.1, -0.05) is 42.5 Å². The number of carbonyl (C=O) groups excluding carboxylic acids is 1. The van der Waals surface area contributed by atoms with Gasteiger partial charge in [0.15, 0.2) is 0 Å². The molecule has 3 nitrogen and oxygen atoms in total. The minimum absolute atomic E-state index is 0.0644. The van der Waals surface area contributed by atoms with Gasteiger partial charge in [-0.25, -0.2) is 0 Å². The lowest BCUT2D eigenvalue weighted by Crippen LogP contribution is -2.35. The van der Waals surface area contributed by atoms with Crippen LogP contribution in [0.5, 0.6) is 0 Å². The van der Waals surface area contributed by atoms with Gasteiger partial charge in [-0.2, -0.15) is 0 Å². The Labute approximate surface area is 130 Å². The highest BCUT2D eigenvalue weighted by Gasteiger charge is 2.38. The zero-order valence-corrected chi connectivity index (χ0v) is 12.3. The Kier molecular flexibility index (Phi) is 3.19. The molecule has 1 heterocycles. The minimum atomic E-state index is -0.0644.